The van der Waals surface area contributed by atoms with Gasteiger partial charge in [-0.25, -0.2) is 0 Å². The molecule has 1 atom stereocenters. The van der Waals surface area contributed by atoms with Gasteiger partial charge in [0.05, 0.1) is 6.54 Å². The quantitative estimate of drug-likeness (QED) is 0.522. The number of carbonyl (C=O) groups is 1. The summed E-state index contributed by atoms with van der Waals surface area (Å²) in [5.41, 5.74) is 2.53. The van der Waals surface area contributed by atoms with Gasteiger partial charge in [0.1, 0.15) is 0 Å². The second-order valence-corrected chi connectivity index (χ2v) is 9.95. The molecule has 1 aliphatic carbocycles. The Hall–Kier alpha value is -1.74. The van der Waals surface area contributed by atoms with Crippen molar-refractivity contribution in [2.75, 3.05) is 0 Å². The lowest BCUT2D eigenvalue weighted by molar-refractivity contribution is -0.133. The number of hydrogen-bond donors (Lipinski definition) is 0. The lowest BCUT2D eigenvalue weighted by Crippen LogP contribution is -2.34. The summed E-state index contributed by atoms with van der Waals surface area (Å²) in [5.74, 6) is 0.702. The molecular weight excluding hydrogens is 368 g/mol. The van der Waals surface area contributed by atoms with Crippen LogP contribution in [-0.4, -0.2) is 21.4 Å². The summed E-state index contributed by atoms with van der Waals surface area (Å²) in [6, 6.07) is 12.6. The molecule has 0 bridgehead atoms. The molecule has 1 aromatic carbocycles. The molecule has 0 unspecified atom stereocenters. The number of amides is 1. The van der Waals surface area contributed by atoms with E-state index in [1.807, 2.05) is 18.2 Å². The summed E-state index contributed by atoms with van der Waals surface area (Å²) in [7, 11) is 0. The largest absolute Gasteiger partial charge is 0.345 e. The molecule has 28 heavy (non-hydrogen) atoms. The van der Waals surface area contributed by atoms with Crippen molar-refractivity contribution in [1.29, 1.82) is 0 Å². The van der Waals surface area contributed by atoms with Crippen LogP contribution in [0.25, 0.3) is 0 Å². The summed E-state index contributed by atoms with van der Waals surface area (Å²) >= 11 is 6.34. The van der Waals surface area contributed by atoms with E-state index in [9.17, 15) is 4.79 Å². The van der Waals surface area contributed by atoms with Crippen LogP contribution >= 0.6 is 11.6 Å². The molecule has 152 valence electrons. The molecule has 3 nitrogen and oxygen atoms in total. The Morgan fingerprint density at radius 3 is 2.57 bits per heavy atom. The Bertz CT molecular complexity index is 801. The topological polar surface area (TPSA) is 25.2 Å². The van der Waals surface area contributed by atoms with Gasteiger partial charge in [0.2, 0.25) is 5.91 Å². The van der Waals surface area contributed by atoms with Crippen molar-refractivity contribution >= 4 is 17.5 Å². The standard InChI is InChI=1S/C24H33ClN2O/c1-18(15-24(2,3)4)14-23(28)27(20-11-12-20)17-21-9-7-13-26(21)16-19-8-5-6-10-22(19)25/h5-10,13,18,20H,11-12,14-17H2,1-4H3/t18-/m0/s1. The van der Waals surface area contributed by atoms with Crippen molar-refractivity contribution in [2.24, 2.45) is 11.3 Å². The number of hydrogen-bond acceptors (Lipinski definition) is 1. The maximum Gasteiger partial charge on any atom is 0.223 e. The van der Waals surface area contributed by atoms with Crippen molar-refractivity contribution in [1.82, 2.24) is 9.47 Å². The molecule has 0 aliphatic heterocycles. The van der Waals surface area contributed by atoms with E-state index in [2.05, 4.69) is 61.6 Å². The highest BCUT2D eigenvalue weighted by atomic mass is 35.5. The summed E-state index contributed by atoms with van der Waals surface area (Å²) in [4.78, 5) is 15.2. The molecule has 1 aromatic heterocycles. The molecule has 4 heteroatoms. The molecule has 1 heterocycles. The number of halogens is 1. The lowest BCUT2D eigenvalue weighted by atomic mass is 9.84. The number of aromatic nitrogens is 1. The minimum Gasteiger partial charge on any atom is -0.345 e. The predicted octanol–water partition coefficient (Wildman–Crippen LogP) is 6.14. The Kier molecular flexibility index (Phi) is 6.54. The molecule has 2 aromatic rings. The van der Waals surface area contributed by atoms with Gasteiger partial charge in [0, 0.05) is 35.9 Å². The second-order valence-electron chi connectivity index (χ2n) is 9.55. The van der Waals surface area contributed by atoms with Gasteiger partial charge in [-0.2, -0.15) is 0 Å². The van der Waals surface area contributed by atoms with Crippen LogP contribution in [0.5, 0.6) is 0 Å². The van der Waals surface area contributed by atoms with Gasteiger partial charge in [-0.1, -0.05) is 57.5 Å². The molecule has 1 saturated carbocycles. The number of carbonyl (C=O) groups excluding carboxylic acids is 1. The van der Waals surface area contributed by atoms with Crippen LogP contribution in [0.15, 0.2) is 42.6 Å². The first-order valence-corrected chi connectivity index (χ1v) is 10.8. The van der Waals surface area contributed by atoms with E-state index >= 15 is 0 Å². The lowest BCUT2D eigenvalue weighted by Gasteiger charge is -2.27. The van der Waals surface area contributed by atoms with E-state index < -0.39 is 0 Å². The van der Waals surface area contributed by atoms with Crippen LogP contribution in [0.4, 0.5) is 0 Å². The third kappa shape index (κ3) is 5.88. The van der Waals surface area contributed by atoms with Gasteiger partial charge in [-0.3, -0.25) is 4.79 Å². The van der Waals surface area contributed by atoms with Gasteiger partial charge in [0.25, 0.3) is 0 Å². The minimum absolute atomic E-state index is 0.258. The van der Waals surface area contributed by atoms with Gasteiger partial charge >= 0.3 is 0 Å². The third-order valence-corrected chi connectivity index (χ3v) is 5.72. The molecule has 0 radical (unpaired) electrons. The average molecular weight is 401 g/mol. The highest BCUT2D eigenvalue weighted by molar-refractivity contribution is 6.31. The van der Waals surface area contributed by atoms with Gasteiger partial charge < -0.3 is 9.47 Å². The first kappa shape index (κ1) is 21.0. The molecule has 1 aliphatic rings. The predicted molar refractivity (Wildman–Crippen MR) is 116 cm³/mol. The van der Waals surface area contributed by atoms with Crippen molar-refractivity contribution in [3.05, 3.63) is 58.9 Å². The van der Waals surface area contributed by atoms with Gasteiger partial charge in [-0.15, -0.1) is 0 Å². The fourth-order valence-corrected chi connectivity index (χ4v) is 4.27. The number of benzene rings is 1. The van der Waals surface area contributed by atoms with Gasteiger partial charge in [0.15, 0.2) is 0 Å². The van der Waals surface area contributed by atoms with E-state index in [1.165, 1.54) is 5.69 Å². The van der Waals surface area contributed by atoms with Crippen LogP contribution in [0.3, 0.4) is 0 Å². The van der Waals surface area contributed by atoms with E-state index in [4.69, 9.17) is 11.6 Å². The highest BCUT2D eigenvalue weighted by Gasteiger charge is 2.33. The molecule has 3 rings (SSSR count). The van der Waals surface area contributed by atoms with Crippen molar-refractivity contribution < 1.29 is 4.79 Å². The van der Waals surface area contributed by atoms with Crippen LogP contribution in [0.2, 0.25) is 5.02 Å². The molecule has 1 fully saturated rings. The van der Waals surface area contributed by atoms with Crippen LogP contribution in [-0.2, 0) is 17.9 Å². The summed E-state index contributed by atoms with van der Waals surface area (Å²) < 4.78 is 2.21. The summed E-state index contributed by atoms with van der Waals surface area (Å²) in [6.45, 7) is 10.4. The molecule has 0 saturated heterocycles. The Morgan fingerprint density at radius 2 is 1.93 bits per heavy atom. The van der Waals surface area contributed by atoms with Crippen molar-refractivity contribution in [3.63, 3.8) is 0 Å². The smallest absolute Gasteiger partial charge is 0.223 e. The van der Waals surface area contributed by atoms with Crippen LogP contribution in [0.1, 0.15) is 64.6 Å². The number of nitrogens with zero attached hydrogens (tertiary/aromatic N) is 2. The Balaban J connectivity index is 1.68. The average Bonchev–Trinajstić information content (AvgIpc) is 3.33. The zero-order chi connectivity index (χ0) is 20.3. The van der Waals surface area contributed by atoms with E-state index in [0.717, 1.165) is 36.4 Å². The molecule has 1 amide bonds. The minimum atomic E-state index is 0.258. The van der Waals surface area contributed by atoms with Crippen LogP contribution < -0.4 is 0 Å². The van der Waals surface area contributed by atoms with Gasteiger partial charge in [-0.05, 0) is 54.4 Å². The third-order valence-electron chi connectivity index (χ3n) is 5.35. The first-order valence-electron chi connectivity index (χ1n) is 10.4. The molecule has 0 spiro atoms. The first-order chi connectivity index (χ1) is 13.2. The zero-order valence-electron chi connectivity index (χ0n) is 17.6. The highest BCUT2D eigenvalue weighted by Crippen LogP contribution is 2.32. The second kappa shape index (κ2) is 8.73. The molecule has 0 N–H and O–H groups in total. The maximum atomic E-state index is 13.1. The van der Waals surface area contributed by atoms with Crippen LogP contribution in [0, 0.1) is 11.3 Å². The monoisotopic (exact) mass is 400 g/mol. The van der Waals surface area contributed by atoms with Crippen molar-refractivity contribution in [3.8, 4) is 0 Å². The van der Waals surface area contributed by atoms with E-state index in [-0.39, 0.29) is 5.41 Å². The van der Waals surface area contributed by atoms with E-state index in [1.54, 1.807) is 0 Å². The normalized spacial score (nSPS) is 15.5. The summed E-state index contributed by atoms with van der Waals surface area (Å²) in [5, 5.41) is 0.785. The van der Waals surface area contributed by atoms with E-state index in [0.29, 0.717) is 30.8 Å². The SMILES string of the molecule is C[C@@H](CC(=O)N(Cc1cccn1Cc1ccccc1Cl)C1CC1)CC(C)(C)C. The molecular formula is C24H33ClN2O. The number of rotatable bonds is 8. The fourth-order valence-electron chi connectivity index (χ4n) is 4.07. The maximum absolute atomic E-state index is 13.1. The Labute approximate surface area is 174 Å². The zero-order valence-corrected chi connectivity index (χ0v) is 18.4. The fraction of sp³-hybridized carbons (Fsp3) is 0.542. The Morgan fingerprint density at radius 1 is 1.21 bits per heavy atom. The van der Waals surface area contributed by atoms with Crippen molar-refractivity contribution in [2.45, 2.75) is 72.5 Å². The summed E-state index contributed by atoms with van der Waals surface area (Å²) in [6.07, 6.45) is 6.05.